The highest BCUT2D eigenvalue weighted by Crippen LogP contribution is 2.38. The molecule has 142 valence electrons. The van der Waals surface area contributed by atoms with Gasteiger partial charge in [-0.1, -0.05) is 32.9 Å². The van der Waals surface area contributed by atoms with E-state index >= 15 is 0 Å². The molecule has 0 spiro atoms. The third-order valence-corrected chi connectivity index (χ3v) is 5.86. The van der Waals surface area contributed by atoms with Gasteiger partial charge in [-0.05, 0) is 48.1 Å². The fourth-order valence-electron chi connectivity index (χ4n) is 4.43. The Hall–Kier alpha value is -2.36. The van der Waals surface area contributed by atoms with Crippen LogP contribution in [0.15, 0.2) is 48.8 Å². The van der Waals surface area contributed by atoms with Gasteiger partial charge in [0.05, 0.1) is 6.20 Å². The number of carbonyl (C=O) groups excluding carboxylic acids is 1. The van der Waals surface area contributed by atoms with Gasteiger partial charge < -0.3 is 9.64 Å². The molecule has 2 atom stereocenters. The highest BCUT2D eigenvalue weighted by atomic mass is 16.5. The van der Waals surface area contributed by atoms with E-state index in [1.165, 1.54) is 5.56 Å². The summed E-state index contributed by atoms with van der Waals surface area (Å²) in [5.41, 5.74) is 2.15. The van der Waals surface area contributed by atoms with E-state index in [-0.39, 0.29) is 29.5 Å². The predicted octanol–water partition coefficient (Wildman–Crippen LogP) is 4.59. The summed E-state index contributed by atoms with van der Waals surface area (Å²) in [7, 11) is 0. The van der Waals surface area contributed by atoms with Gasteiger partial charge in [-0.3, -0.25) is 9.78 Å². The number of pyridine rings is 1. The van der Waals surface area contributed by atoms with E-state index < -0.39 is 0 Å². The van der Waals surface area contributed by atoms with Crippen molar-refractivity contribution in [1.82, 2.24) is 9.88 Å². The van der Waals surface area contributed by atoms with Gasteiger partial charge >= 0.3 is 0 Å². The molecule has 27 heavy (non-hydrogen) atoms. The molecule has 0 aliphatic carbocycles. The maximum atomic E-state index is 13.2. The number of carbonyl (C=O) groups is 1. The molecule has 4 nitrogen and oxygen atoms in total. The molecule has 0 radical (unpaired) electrons. The largest absolute Gasteiger partial charge is 0.489 e. The topological polar surface area (TPSA) is 42.4 Å². The number of amides is 1. The lowest BCUT2D eigenvalue weighted by Gasteiger charge is -2.39. The van der Waals surface area contributed by atoms with Crippen LogP contribution in [0.3, 0.4) is 0 Å². The SMILES string of the molecule is CC(C)(C)c1ccc(C(=O)N2[C@H]3CC[C@H]2CC(Oc2cccnc2)C3)cc1. The van der Waals surface area contributed by atoms with Gasteiger partial charge in [0.1, 0.15) is 11.9 Å². The van der Waals surface area contributed by atoms with Crippen molar-refractivity contribution in [3.05, 3.63) is 59.9 Å². The van der Waals surface area contributed by atoms with Crippen molar-refractivity contribution >= 4 is 5.91 Å². The Kier molecular flexibility index (Phi) is 4.67. The maximum Gasteiger partial charge on any atom is 0.254 e. The van der Waals surface area contributed by atoms with Crippen LogP contribution in [0.25, 0.3) is 0 Å². The minimum atomic E-state index is 0.0998. The number of benzene rings is 1. The van der Waals surface area contributed by atoms with Gasteiger partial charge in [0.25, 0.3) is 5.91 Å². The van der Waals surface area contributed by atoms with Gasteiger partial charge in [-0.15, -0.1) is 0 Å². The summed E-state index contributed by atoms with van der Waals surface area (Å²) in [6.45, 7) is 6.57. The Labute approximate surface area is 161 Å². The van der Waals surface area contributed by atoms with Crippen molar-refractivity contribution in [2.75, 3.05) is 0 Å². The van der Waals surface area contributed by atoms with Crippen LogP contribution in [-0.4, -0.2) is 34.0 Å². The zero-order valence-corrected chi connectivity index (χ0v) is 16.4. The number of hydrogen-bond acceptors (Lipinski definition) is 3. The van der Waals surface area contributed by atoms with Crippen molar-refractivity contribution < 1.29 is 9.53 Å². The second-order valence-electron chi connectivity index (χ2n) is 8.82. The Balaban J connectivity index is 1.45. The number of ether oxygens (including phenoxy) is 1. The van der Waals surface area contributed by atoms with Crippen LogP contribution in [0.2, 0.25) is 0 Å². The normalized spacial score (nSPS) is 24.7. The maximum absolute atomic E-state index is 13.2. The fourth-order valence-corrected chi connectivity index (χ4v) is 4.43. The van der Waals surface area contributed by atoms with Gasteiger partial charge in [-0.25, -0.2) is 0 Å². The molecule has 0 N–H and O–H groups in total. The second-order valence-corrected chi connectivity index (χ2v) is 8.82. The lowest BCUT2D eigenvalue weighted by Crippen LogP contribution is -2.49. The lowest BCUT2D eigenvalue weighted by molar-refractivity contribution is 0.0358. The minimum Gasteiger partial charge on any atom is -0.489 e. The summed E-state index contributed by atoms with van der Waals surface area (Å²) in [6, 6.07) is 12.6. The molecule has 2 saturated heterocycles. The van der Waals surface area contributed by atoms with E-state index in [0.717, 1.165) is 37.0 Å². The summed E-state index contributed by atoms with van der Waals surface area (Å²) in [5.74, 6) is 0.988. The quantitative estimate of drug-likeness (QED) is 0.800. The van der Waals surface area contributed by atoms with Crippen LogP contribution in [0.1, 0.15) is 62.4 Å². The Morgan fingerprint density at radius 3 is 2.30 bits per heavy atom. The molecule has 2 aliphatic rings. The highest BCUT2D eigenvalue weighted by Gasteiger charge is 2.44. The number of aromatic nitrogens is 1. The van der Waals surface area contributed by atoms with E-state index in [1.807, 2.05) is 24.3 Å². The van der Waals surface area contributed by atoms with E-state index in [9.17, 15) is 4.79 Å². The zero-order chi connectivity index (χ0) is 19.0. The Morgan fingerprint density at radius 2 is 1.74 bits per heavy atom. The van der Waals surface area contributed by atoms with Crippen LogP contribution < -0.4 is 4.74 Å². The minimum absolute atomic E-state index is 0.0998. The number of rotatable bonds is 3. The summed E-state index contributed by atoms with van der Waals surface area (Å²) in [4.78, 5) is 19.4. The molecule has 4 rings (SSSR count). The van der Waals surface area contributed by atoms with Crippen molar-refractivity contribution in [2.45, 2.75) is 70.1 Å². The van der Waals surface area contributed by atoms with Crippen LogP contribution in [0, 0.1) is 0 Å². The molecular formula is C23H28N2O2. The average molecular weight is 364 g/mol. The average Bonchev–Trinajstić information content (AvgIpc) is 2.92. The molecule has 4 heteroatoms. The first-order chi connectivity index (χ1) is 12.9. The molecule has 2 fully saturated rings. The molecule has 1 amide bonds. The molecule has 0 unspecified atom stereocenters. The van der Waals surface area contributed by atoms with Crippen LogP contribution in [0.4, 0.5) is 0 Å². The molecule has 1 aromatic carbocycles. The first-order valence-electron chi connectivity index (χ1n) is 9.92. The van der Waals surface area contributed by atoms with Gasteiger partial charge in [0.2, 0.25) is 0 Å². The Bertz CT molecular complexity index is 781. The van der Waals surface area contributed by atoms with Crippen molar-refractivity contribution in [1.29, 1.82) is 0 Å². The van der Waals surface area contributed by atoms with E-state index in [4.69, 9.17) is 4.74 Å². The van der Waals surface area contributed by atoms with Crippen molar-refractivity contribution in [3.63, 3.8) is 0 Å². The first-order valence-corrected chi connectivity index (χ1v) is 9.92. The predicted molar refractivity (Wildman–Crippen MR) is 106 cm³/mol. The lowest BCUT2D eigenvalue weighted by atomic mass is 9.86. The summed E-state index contributed by atoms with van der Waals surface area (Å²) < 4.78 is 6.12. The fraction of sp³-hybridized carbons (Fsp3) is 0.478. The summed E-state index contributed by atoms with van der Waals surface area (Å²) in [5, 5.41) is 0. The first kappa shape index (κ1) is 18.0. The summed E-state index contributed by atoms with van der Waals surface area (Å²) >= 11 is 0. The second kappa shape index (κ2) is 6.99. The smallest absolute Gasteiger partial charge is 0.254 e. The Morgan fingerprint density at radius 1 is 1.07 bits per heavy atom. The van der Waals surface area contributed by atoms with Gasteiger partial charge in [0.15, 0.2) is 0 Å². The molecule has 2 bridgehead atoms. The number of piperidine rings is 1. The molecule has 1 aromatic heterocycles. The van der Waals surface area contributed by atoms with Crippen molar-refractivity contribution in [3.8, 4) is 5.75 Å². The van der Waals surface area contributed by atoms with Crippen LogP contribution in [-0.2, 0) is 5.41 Å². The van der Waals surface area contributed by atoms with Gasteiger partial charge in [-0.2, -0.15) is 0 Å². The van der Waals surface area contributed by atoms with Crippen LogP contribution in [0.5, 0.6) is 5.75 Å². The molecular weight excluding hydrogens is 336 g/mol. The number of nitrogens with zero attached hydrogens (tertiary/aromatic N) is 2. The monoisotopic (exact) mass is 364 g/mol. The number of hydrogen-bond donors (Lipinski definition) is 0. The third-order valence-electron chi connectivity index (χ3n) is 5.86. The van der Waals surface area contributed by atoms with E-state index in [0.29, 0.717) is 0 Å². The standard InChI is InChI=1S/C23H28N2O2/c1-23(2,3)17-8-6-16(7-9-17)22(26)25-18-10-11-19(25)14-21(13-18)27-20-5-4-12-24-15-20/h4-9,12,15,18-19,21H,10-11,13-14H2,1-3H3/t18-,19-/m0/s1. The van der Waals surface area contributed by atoms with E-state index in [2.05, 4.69) is 42.8 Å². The van der Waals surface area contributed by atoms with Crippen molar-refractivity contribution in [2.24, 2.45) is 0 Å². The molecule has 2 aliphatic heterocycles. The molecule has 0 saturated carbocycles. The zero-order valence-electron chi connectivity index (χ0n) is 16.4. The molecule has 3 heterocycles. The third kappa shape index (κ3) is 3.71. The van der Waals surface area contributed by atoms with Crippen LogP contribution >= 0.6 is 0 Å². The number of fused-ring (bicyclic) bond motifs is 2. The highest BCUT2D eigenvalue weighted by molar-refractivity contribution is 5.95. The molecule has 2 aromatic rings. The van der Waals surface area contributed by atoms with Gasteiger partial charge in [0, 0.05) is 36.7 Å². The van der Waals surface area contributed by atoms with E-state index in [1.54, 1.807) is 12.4 Å². The summed E-state index contributed by atoms with van der Waals surface area (Å²) in [6.07, 6.45) is 7.62.